The summed E-state index contributed by atoms with van der Waals surface area (Å²) in [5, 5.41) is 4.45. The fourth-order valence-corrected chi connectivity index (χ4v) is 3.71. The van der Waals surface area contributed by atoms with Gasteiger partial charge in [-0.25, -0.2) is 0 Å². The molecule has 34 heavy (non-hydrogen) atoms. The number of ether oxygens (including phenoxy) is 1. The Bertz CT molecular complexity index is 1320. The SMILES string of the molecule is O=c1c(CNCc2ccc(C(F)(F)F)cn2)cc2ccc(Cl)cc2n1CCOc1ccccc1. The third-order valence-corrected chi connectivity index (χ3v) is 5.47. The second kappa shape index (κ2) is 10.3. The van der Waals surface area contributed by atoms with Gasteiger partial charge in [-0.3, -0.25) is 9.78 Å². The van der Waals surface area contributed by atoms with Crippen LogP contribution in [0.4, 0.5) is 13.2 Å². The summed E-state index contributed by atoms with van der Waals surface area (Å²) in [6.45, 7) is 1.05. The van der Waals surface area contributed by atoms with Crippen LogP contribution in [0.25, 0.3) is 10.9 Å². The third kappa shape index (κ3) is 5.76. The summed E-state index contributed by atoms with van der Waals surface area (Å²) in [4.78, 5) is 17.1. The molecule has 4 aromatic rings. The van der Waals surface area contributed by atoms with Crippen LogP contribution in [-0.2, 0) is 25.8 Å². The molecule has 4 rings (SSSR count). The summed E-state index contributed by atoms with van der Waals surface area (Å²) in [6, 6.07) is 18.7. The molecule has 176 valence electrons. The number of alkyl halides is 3. The number of aromatic nitrogens is 2. The number of para-hydroxylation sites is 1. The number of halogens is 4. The molecule has 2 aromatic heterocycles. The Hall–Kier alpha value is -3.36. The van der Waals surface area contributed by atoms with Crippen molar-refractivity contribution >= 4 is 22.5 Å². The first-order valence-corrected chi connectivity index (χ1v) is 10.9. The van der Waals surface area contributed by atoms with Gasteiger partial charge >= 0.3 is 6.18 Å². The molecule has 1 N–H and O–H groups in total. The Morgan fingerprint density at radius 3 is 2.50 bits per heavy atom. The van der Waals surface area contributed by atoms with Gasteiger partial charge in [0.15, 0.2) is 0 Å². The normalized spacial score (nSPS) is 11.6. The largest absolute Gasteiger partial charge is 0.492 e. The van der Waals surface area contributed by atoms with Crippen LogP contribution in [0.3, 0.4) is 0 Å². The lowest BCUT2D eigenvalue weighted by molar-refractivity contribution is -0.137. The number of hydrogen-bond donors (Lipinski definition) is 1. The second-order valence-electron chi connectivity index (χ2n) is 7.63. The molecule has 0 unspecified atom stereocenters. The summed E-state index contributed by atoms with van der Waals surface area (Å²) in [5.74, 6) is 0.708. The predicted molar refractivity (Wildman–Crippen MR) is 125 cm³/mol. The van der Waals surface area contributed by atoms with Gasteiger partial charge in [-0.05, 0) is 47.9 Å². The average Bonchev–Trinajstić information content (AvgIpc) is 2.82. The van der Waals surface area contributed by atoms with Crippen molar-refractivity contribution in [3.05, 3.63) is 105 Å². The van der Waals surface area contributed by atoms with Crippen LogP contribution in [0.1, 0.15) is 16.8 Å². The standard InChI is InChI=1S/C25H21ClF3N3O2/c26-20-8-6-17-12-18(14-30-16-21-9-7-19(15-31-21)25(27,28)29)24(33)32(23(17)13-20)10-11-34-22-4-2-1-3-5-22/h1-9,12-13,15,30H,10-11,14,16H2. The van der Waals surface area contributed by atoms with E-state index in [9.17, 15) is 18.0 Å². The van der Waals surface area contributed by atoms with E-state index in [1.54, 1.807) is 22.8 Å². The lowest BCUT2D eigenvalue weighted by Gasteiger charge is -2.14. The first-order valence-electron chi connectivity index (χ1n) is 10.5. The Morgan fingerprint density at radius 2 is 1.79 bits per heavy atom. The Labute approximate surface area is 198 Å². The van der Waals surface area contributed by atoms with Gasteiger partial charge in [-0.1, -0.05) is 35.9 Å². The number of hydrogen-bond acceptors (Lipinski definition) is 4. The molecular formula is C25H21ClF3N3O2. The Morgan fingerprint density at radius 1 is 1.00 bits per heavy atom. The number of benzene rings is 2. The summed E-state index contributed by atoms with van der Waals surface area (Å²) in [5.41, 5.74) is 0.658. The van der Waals surface area contributed by atoms with Crippen LogP contribution in [0, 0.1) is 0 Å². The van der Waals surface area contributed by atoms with Crippen LogP contribution in [0.2, 0.25) is 5.02 Å². The van der Waals surface area contributed by atoms with Gasteiger partial charge in [0.2, 0.25) is 0 Å². The van der Waals surface area contributed by atoms with E-state index in [2.05, 4.69) is 10.3 Å². The molecular weight excluding hydrogens is 467 g/mol. The fraction of sp³-hybridized carbons (Fsp3) is 0.200. The Balaban J connectivity index is 1.50. The topological polar surface area (TPSA) is 56.2 Å². The molecule has 0 saturated carbocycles. The molecule has 0 aliphatic heterocycles. The van der Waals surface area contributed by atoms with Gasteiger partial charge < -0.3 is 14.6 Å². The van der Waals surface area contributed by atoms with Crippen molar-refractivity contribution in [1.29, 1.82) is 0 Å². The highest BCUT2D eigenvalue weighted by Crippen LogP contribution is 2.28. The van der Waals surface area contributed by atoms with Gasteiger partial charge in [0.05, 0.1) is 23.3 Å². The molecule has 0 bridgehead atoms. The summed E-state index contributed by atoms with van der Waals surface area (Å²) < 4.78 is 45.5. The van der Waals surface area contributed by atoms with E-state index in [0.29, 0.717) is 34.1 Å². The number of nitrogens with one attached hydrogen (secondary N) is 1. The van der Waals surface area contributed by atoms with Gasteiger partial charge in [0.1, 0.15) is 12.4 Å². The van der Waals surface area contributed by atoms with Crippen LogP contribution in [0.15, 0.2) is 77.7 Å². The molecule has 0 aliphatic carbocycles. The van der Waals surface area contributed by atoms with E-state index in [-0.39, 0.29) is 25.3 Å². The van der Waals surface area contributed by atoms with Crippen molar-refractivity contribution in [1.82, 2.24) is 14.9 Å². The van der Waals surface area contributed by atoms with Crippen molar-refractivity contribution < 1.29 is 17.9 Å². The number of rotatable bonds is 8. The van der Waals surface area contributed by atoms with Crippen molar-refractivity contribution in [3.63, 3.8) is 0 Å². The van der Waals surface area contributed by atoms with E-state index in [4.69, 9.17) is 16.3 Å². The Kier molecular flexibility index (Phi) is 7.19. The highest BCUT2D eigenvalue weighted by Gasteiger charge is 2.30. The predicted octanol–water partition coefficient (Wildman–Crippen LogP) is 5.44. The molecule has 0 atom stereocenters. The molecule has 5 nitrogen and oxygen atoms in total. The first-order chi connectivity index (χ1) is 16.3. The molecule has 0 spiro atoms. The average molecular weight is 488 g/mol. The minimum absolute atomic E-state index is 0.195. The zero-order chi connectivity index (χ0) is 24.1. The number of fused-ring (bicyclic) bond motifs is 1. The maximum atomic E-state index is 13.2. The minimum atomic E-state index is -4.43. The van der Waals surface area contributed by atoms with Gasteiger partial charge in [-0.2, -0.15) is 13.2 Å². The molecule has 2 aromatic carbocycles. The van der Waals surface area contributed by atoms with Crippen molar-refractivity contribution in [3.8, 4) is 5.75 Å². The van der Waals surface area contributed by atoms with Crippen LogP contribution < -0.4 is 15.6 Å². The molecule has 0 saturated heterocycles. The van der Waals surface area contributed by atoms with Crippen LogP contribution >= 0.6 is 11.6 Å². The highest BCUT2D eigenvalue weighted by atomic mass is 35.5. The van der Waals surface area contributed by atoms with E-state index < -0.39 is 11.7 Å². The van der Waals surface area contributed by atoms with Gasteiger partial charge in [0.25, 0.3) is 5.56 Å². The maximum Gasteiger partial charge on any atom is 0.417 e. The van der Waals surface area contributed by atoms with Crippen molar-refractivity contribution in [2.45, 2.75) is 25.8 Å². The summed E-state index contributed by atoms with van der Waals surface area (Å²) >= 11 is 6.17. The monoisotopic (exact) mass is 487 g/mol. The van der Waals surface area contributed by atoms with E-state index in [1.807, 2.05) is 36.4 Å². The number of pyridine rings is 2. The molecule has 0 fully saturated rings. The molecule has 0 radical (unpaired) electrons. The summed E-state index contributed by atoms with van der Waals surface area (Å²) in [6.07, 6.45) is -3.63. The summed E-state index contributed by atoms with van der Waals surface area (Å²) in [7, 11) is 0. The molecule has 0 aliphatic rings. The van der Waals surface area contributed by atoms with E-state index in [0.717, 1.165) is 17.6 Å². The van der Waals surface area contributed by atoms with Crippen LogP contribution in [0.5, 0.6) is 5.75 Å². The highest BCUT2D eigenvalue weighted by molar-refractivity contribution is 6.31. The van der Waals surface area contributed by atoms with E-state index >= 15 is 0 Å². The van der Waals surface area contributed by atoms with Crippen molar-refractivity contribution in [2.24, 2.45) is 0 Å². The molecule has 2 heterocycles. The van der Waals surface area contributed by atoms with Crippen molar-refractivity contribution in [2.75, 3.05) is 6.61 Å². The maximum absolute atomic E-state index is 13.2. The van der Waals surface area contributed by atoms with E-state index in [1.165, 1.54) is 6.07 Å². The quantitative estimate of drug-likeness (QED) is 0.360. The first kappa shape index (κ1) is 23.8. The van der Waals surface area contributed by atoms with Gasteiger partial charge in [0, 0.05) is 29.9 Å². The molecule has 0 amide bonds. The number of nitrogens with zero attached hydrogens (tertiary/aromatic N) is 2. The lowest BCUT2D eigenvalue weighted by atomic mass is 10.1. The van der Waals surface area contributed by atoms with Gasteiger partial charge in [-0.15, -0.1) is 0 Å². The lowest BCUT2D eigenvalue weighted by Crippen LogP contribution is -2.29. The smallest absolute Gasteiger partial charge is 0.417 e. The molecule has 9 heteroatoms. The van der Waals surface area contributed by atoms with Crippen LogP contribution in [-0.4, -0.2) is 16.2 Å². The minimum Gasteiger partial charge on any atom is -0.492 e. The second-order valence-corrected chi connectivity index (χ2v) is 8.07. The third-order valence-electron chi connectivity index (χ3n) is 5.23. The fourth-order valence-electron chi connectivity index (χ4n) is 3.55. The zero-order valence-electron chi connectivity index (χ0n) is 18.0. The zero-order valence-corrected chi connectivity index (χ0v) is 18.7.